The molecule has 1 unspecified atom stereocenters. The van der Waals surface area contributed by atoms with Gasteiger partial charge in [-0.3, -0.25) is 0 Å². The lowest BCUT2D eigenvalue weighted by atomic mass is 10.2. The maximum atomic E-state index is 12.3. The van der Waals surface area contributed by atoms with Crippen LogP contribution in [0, 0.1) is 6.92 Å². The number of aromatic nitrogens is 2. The van der Waals surface area contributed by atoms with E-state index in [0.29, 0.717) is 36.0 Å². The van der Waals surface area contributed by atoms with Crippen LogP contribution in [0.15, 0.2) is 58.0 Å². The first-order valence-electron chi connectivity index (χ1n) is 12.0. The van der Waals surface area contributed by atoms with Crippen molar-refractivity contribution in [1.82, 2.24) is 9.97 Å². The van der Waals surface area contributed by atoms with E-state index in [-0.39, 0.29) is 17.9 Å². The van der Waals surface area contributed by atoms with E-state index in [9.17, 15) is 13.5 Å². The molecule has 10 nitrogen and oxygen atoms in total. The minimum absolute atomic E-state index is 0.0171. The molecule has 0 radical (unpaired) electrons. The SMILES string of the molecule is Cc1ccc(S(=O)(=O)OC(O)CCOc2ccc3nc(/C=C/c4cnc(N5CCOCC5)s4)oc3c2)cc1. The van der Waals surface area contributed by atoms with Crippen LogP contribution in [0.2, 0.25) is 0 Å². The molecule has 0 saturated carbocycles. The van der Waals surface area contributed by atoms with Gasteiger partial charge in [-0.25, -0.2) is 14.2 Å². The van der Waals surface area contributed by atoms with Gasteiger partial charge < -0.3 is 23.9 Å². The third-order valence-corrected chi connectivity index (χ3v) is 8.09. The highest BCUT2D eigenvalue weighted by molar-refractivity contribution is 7.86. The second-order valence-electron chi connectivity index (χ2n) is 8.61. The van der Waals surface area contributed by atoms with Gasteiger partial charge in [-0.2, -0.15) is 8.42 Å². The number of aliphatic hydroxyl groups is 1. The predicted octanol–water partition coefficient (Wildman–Crippen LogP) is 4.09. The van der Waals surface area contributed by atoms with Crippen LogP contribution in [0.5, 0.6) is 5.75 Å². The largest absolute Gasteiger partial charge is 0.493 e. The van der Waals surface area contributed by atoms with Crippen LogP contribution >= 0.6 is 11.3 Å². The fraction of sp³-hybridized carbons (Fsp3) is 0.308. The summed E-state index contributed by atoms with van der Waals surface area (Å²) >= 11 is 1.60. The minimum Gasteiger partial charge on any atom is -0.493 e. The number of anilines is 1. The first-order valence-corrected chi connectivity index (χ1v) is 14.3. The number of ether oxygens (including phenoxy) is 2. The molecule has 12 heteroatoms. The Morgan fingerprint density at radius 2 is 1.95 bits per heavy atom. The van der Waals surface area contributed by atoms with Gasteiger partial charge in [-0.1, -0.05) is 29.0 Å². The van der Waals surface area contributed by atoms with Gasteiger partial charge in [0.2, 0.25) is 5.89 Å². The average Bonchev–Trinajstić information content (AvgIpc) is 3.54. The van der Waals surface area contributed by atoms with E-state index < -0.39 is 16.4 Å². The molecule has 200 valence electrons. The van der Waals surface area contributed by atoms with Crippen LogP contribution < -0.4 is 9.64 Å². The number of thiazole rings is 1. The summed E-state index contributed by atoms with van der Waals surface area (Å²) < 4.78 is 46.3. The molecule has 1 saturated heterocycles. The van der Waals surface area contributed by atoms with Crippen molar-refractivity contribution < 1.29 is 31.6 Å². The third-order valence-electron chi connectivity index (χ3n) is 5.74. The standard InChI is InChI=1S/C26H27N3O7S2/c1-18-2-6-21(7-3-18)38(31,32)36-25(30)10-13-34-19-4-8-22-23(16-19)35-24(28-22)9-5-20-17-27-26(37-20)29-11-14-33-15-12-29/h2-9,16-17,25,30H,10-15H2,1H3/b9-5+. The molecule has 0 aliphatic carbocycles. The topological polar surface area (TPSA) is 124 Å². The number of benzene rings is 2. The fourth-order valence-corrected chi connectivity index (χ4v) is 5.56. The number of rotatable bonds is 10. The summed E-state index contributed by atoms with van der Waals surface area (Å²) in [6.07, 6.45) is 3.94. The molecule has 2 aromatic carbocycles. The lowest BCUT2D eigenvalue weighted by Gasteiger charge is -2.25. The van der Waals surface area contributed by atoms with Gasteiger partial charge in [0.05, 0.1) is 24.7 Å². The molecule has 0 bridgehead atoms. The quantitative estimate of drug-likeness (QED) is 0.225. The van der Waals surface area contributed by atoms with Crippen molar-refractivity contribution in [2.45, 2.75) is 24.5 Å². The summed E-state index contributed by atoms with van der Waals surface area (Å²) in [5.74, 6) is 0.944. The molecular formula is C26H27N3O7S2. The summed E-state index contributed by atoms with van der Waals surface area (Å²) in [5.41, 5.74) is 2.13. The first-order chi connectivity index (χ1) is 18.4. The van der Waals surface area contributed by atoms with Crippen molar-refractivity contribution in [3.63, 3.8) is 0 Å². The summed E-state index contributed by atoms with van der Waals surface area (Å²) in [5, 5.41) is 11.0. The van der Waals surface area contributed by atoms with E-state index >= 15 is 0 Å². The summed E-state index contributed by atoms with van der Waals surface area (Å²) in [6.45, 7) is 4.98. The Morgan fingerprint density at radius 1 is 1.16 bits per heavy atom. The maximum Gasteiger partial charge on any atom is 0.299 e. The number of nitrogens with zero attached hydrogens (tertiary/aromatic N) is 3. The van der Waals surface area contributed by atoms with Crippen molar-refractivity contribution in [2.24, 2.45) is 0 Å². The zero-order valence-electron chi connectivity index (χ0n) is 20.6. The molecule has 2 aromatic heterocycles. The predicted molar refractivity (Wildman–Crippen MR) is 144 cm³/mol. The molecule has 1 aliphatic rings. The van der Waals surface area contributed by atoms with Gasteiger partial charge in [-0.05, 0) is 37.3 Å². The van der Waals surface area contributed by atoms with E-state index in [1.54, 1.807) is 47.7 Å². The Kier molecular flexibility index (Phi) is 8.05. The van der Waals surface area contributed by atoms with Crippen LogP contribution in [0.1, 0.15) is 22.8 Å². The molecule has 1 fully saturated rings. The Labute approximate surface area is 224 Å². The van der Waals surface area contributed by atoms with Crippen LogP contribution in [0.4, 0.5) is 5.13 Å². The normalized spacial score (nSPS) is 15.4. The molecule has 1 atom stereocenters. The number of aryl methyl sites for hydroxylation is 1. The summed E-state index contributed by atoms with van der Waals surface area (Å²) in [4.78, 5) is 12.1. The van der Waals surface area contributed by atoms with Crippen molar-refractivity contribution in [2.75, 3.05) is 37.8 Å². The highest BCUT2D eigenvalue weighted by atomic mass is 32.2. The van der Waals surface area contributed by atoms with Gasteiger partial charge in [0, 0.05) is 42.7 Å². The number of fused-ring (bicyclic) bond motifs is 1. The van der Waals surface area contributed by atoms with E-state index in [4.69, 9.17) is 18.1 Å². The number of hydrogen-bond acceptors (Lipinski definition) is 11. The van der Waals surface area contributed by atoms with Crippen molar-refractivity contribution in [1.29, 1.82) is 0 Å². The van der Waals surface area contributed by atoms with Crippen LogP contribution in [0.3, 0.4) is 0 Å². The summed E-state index contributed by atoms with van der Waals surface area (Å²) in [7, 11) is -4.07. The van der Waals surface area contributed by atoms with Crippen LogP contribution in [0.25, 0.3) is 23.3 Å². The van der Waals surface area contributed by atoms with Gasteiger partial charge in [0.1, 0.15) is 11.3 Å². The van der Waals surface area contributed by atoms with Crippen molar-refractivity contribution >= 4 is 49.8 Å². The zero-order valence-corrected chi connectivity index (χ0v) is 22.3. The molecule has 0 spiro atoms. The van der Waals surface area contributed by atoms with E-state index in [0.717, 1.165) is 28.7 Å². The third kappa shape index (κ3) is 6.58. The average molecular weight is 558 g/mol. The lowest BCUT2D eigenvalue weighted by molar-refractivity contribution is -0.0256. The molecular weight excluding hydrogens is 530 g/mol. The molecule has 1 aliphatic heterocycles. The number of aliphatic hydroxyl groups excluding tert-OH is 1. The van der Waals surface area contributed by atoms with E-state index in [2.05, 4.69) is 14.9 Å². The molecule has 38 heavy (non-hydrogen) atoms. The Bertz CT molecular complexity index is 1510. The van der Waals surface area contributed by atoms with E-state index in [1.165, 1.54) is 12.1 Å². The van der Waals surface area contributed by atoms with Gasteiger partial charge in [0.15, 0.2) is 17.0 Å². The van der Waals surface area contributed by atoms with Crippen LogP contribution in [-0.2, 0) is 19.0 Å². The highest BCUT2D eigenvalue weighted by Crippen LogP contribution is 2.26. The zero-order chi connectivity index (χ0) is 26.5. The molecule has 0 amide bonds. The second-order valence-corrected chi connectivity index (χ2v) is 11.2. The number of hydrogen-bond donors (Lipinski definition) is 1. The monoisotopic (exact) mass is 557 g/mol. The second kappa shape index (κ2) is 11.6. The molecule has 3 heterocycles. The minimum atomic E-state index is -4.07. The lowest BCUT2D eigenvalue weighted by Crippen LogP contribution is -2.36. The van der Waals surface area contributed by atoms with Gasteiger partial charge in [-0.15, -0.1) is 0 Å². The van der Waals surface area contributed by atoms with Crippen molar-refractivity contribution in [3.8, 4) is 5.75 Å². The first kappa shape index (κ1) is 26.3. The van der Waals surface area contributed by atoms with Crippen molar-refractivity contribution in [3.05, 3.63) is 65.0 Å². The Balaban J connectivity index is 1.14. The maximum absolute atomic E-state index is 12.3. The summed E-state index contributed by atoms with van der Waals surface area (Å²) in [6, 6.07) is 11.4. The Morgan fingerprint density at radius 3 is 2.74 bits per heavy atom. The number of morpholine rings is 1. The van der Waals surface area contributed by atoms with E-state index in [1.807, 2.05) is 19.2 Å². The molecule has 4 aromatic rings. The molecule has 5 rings (SSSR count). The number of oxazole rings is 1. The molecule has 1 N–H and O–H groups in total. The smallest absolute Gasteiger partial charge is 0.299 e. The Hall–Kier alpha value is -3.29. The van der Waals surface area contributed by atoms with Crippen LogP contribution in [-0.4, -0.2) is 62.7 Å². The van der Waals surface area contributed by atoms with Gasteiger partial charge >= 0.3 is 0 Å². The highest BCUT2D eigenvalue weighted by Gasteiger charge is 2.20. The fourth-order valence-electron chi connectivity index (χ4n) is 3.72. The van der Waals surface area contributed by atoms with Gasteiger partial charge in [0.25, 0.3) is 10.1 Å².